The summed E-state index contributed by atoms with van der Waals surface area (Å²) >= 11 is 3.40. The molecule has 1 atom stereocenters. The van der Waals surface area contributed by atoms with Gasteiger partial charge in [-0.05, 0) is 40.4 Å². The summed E-state index contributed by atoms with van der Waals surface area (Å²) < 4.78 is 2.71. The third kappa shape index (κ3) is 3.20. The number of hydrogen-bond donors (Lipinski definition) is 2. The molecule has 0 amide bonds. The van der Waals surface area contributed by atoms with E-state index >= 15 is 0 Å². The summed E-state index contributed by atoms with van der Waals surface area (Å²) in [6.45, 7) is 3.14. The number of aliphatic hydroxyl groups is 1. The smallest absolute Gasteiger partial charge is 0.243 e. The molecule has 2 aromatic heterocycles. The molecule has 0 radical (unpaired) electrons. The average molecular weight is 313 g/mol. The van der Waals surface area contributed by atoms with E-state index in [1.165, 1.54) is 0 Å². The van der Waals surface area contributed by atoms with Crippen molar-refractivity contribution in [2.24, 2.45) is 5.92 Å². The van der Waals surface area contributed by atoms with Gasteiger partial charge in [-0.15, -0.1) is 5.10 Å². The number of nitrogens with zero attached hydrogens (tertiary/aromatic N) is 3. The van der Waals surface area contributed by atoms with Gasteiger partial charge in [0.25, 0.3) is 0 Å². The number of rotatable bonds is 6. The maximum Gasteiger partial charge on any atom is 0.243 e. The number of aliphatic hydroxyl groups excluding tert-OH is 1. The highest BCUT2D eigenvalue weighted by molar-refractivity contribution is 9.10. The number of fused-ring (bicyclic) bond motifs is 1. The summed E-state index contributed by atoms with van der Waals surface area (Å²) in [7, 11) is 0. The van der Waals surface area contributed by atoms with Gasteiger partial charge in [-0.1, -0.05) is 13.3 Å². The number of halogens is 1. The summed E-state index contributed by atoms with van der Waals surface area (Å²) in [5.74, 6) is 1.08. The van der Waals surface area contributed by atoms with E-state index in [0.717, 1.165) is 29.5 Å². The fourth-order valence-electron chi connectivity index (χ4n) is 1.80. The lowest BCUT2D eigenvalue weighted by molar-refractivity contribution is 0.258. The van der Waals surface area contributed by atoms with Crippen molar-refractivity contribution < 1.29 is 5.11 Å². The van der Waals surface area contributed by atoms with E-state index in [4.69, 9.17) is 5.11 Å². The Hall–Kier alpha value is -1.14. The Labute approximate surface area is 114 Å². The van der Waals surface area contributed by atoms with Gasteiger partial charge in [0.15, 0.2) is 5.65 Å². The molecule has 0 aromatic carbocycles. The van der Waals surface area contributed by atoms with Crippen LogP contribution in [0.4, 0.5) is 5.95 Å². The lowest BCUT2D eigenvalue weighted by atomic mass is 10.0. The van der Waals surface area contributed by atoms with Crippen LogP contribution in [0.15, 0.2) is 22.8 Å². The van der Waals surface area contributed by atoms with Crippen LogP contribution >= 0.6 is 15.9 Å². The van der Waals surface area contributed by atoms with Crippen molar-refractivity contribution in [3.8, 4) is 0 Å². The Morgan fingerprint density at radius 2 is 2.33 bits per heavy atom. The first-order valence-corrected chi connectivity index (χ1v) is 6.89. The van der Waals surface area contributed by atoms with Crippen LogP contribution in [-0.2, 0) is 0 Å². The monoisotopic (exact) mass is 312 g/mol. The summed E-state index contributed by atoms with van der Waals surface area (Å²) in [5, 5.41) is 16.5. The molecule has 2 aromatic rings. The van der Waals surface area contributed by atoms with Crippen molar-refractivity contribution in [3.05, 3.63) is 22.8 Å². The third-order valence-electron chi connectivity index (χ3n) is 2.96. The summed E-state index contributed by atoms with van der Waals surface area (Å²) in [6, 6.07) is 3.85. The van der Waals surface area contributed by atoms with Gasteiger partial charge >= 0.3 is 0 Å². The van der Waals surface area contributed by atoms with Gasteiger partial charge in [0.05, 0.1) is 0 Å². The van der Waals surface area contributed by atoms with Gasteiger partial charge in [-0.3, -0.25) is 0 Å². The quantitative estimate of drug-likeness (QED) is 0.859. The number of pyridine rings is 1. The largest absolute Gasteiger partial charge is 0.396 e. The number of anilines is 1. The molecule has 0 aliphatic rings. The van der Waals surface area contributed by atoms with E-state index in [9.17, 15) is 0 Å². The predicted octanol–water partition coefficient (Wildman–Crippen LogP) is 2.31. The second-order valence-corrected chi connectivity index (χ2v) is 5.17. The molecule has 0 spiro atoms. The zero-order valence-electron chi connectivity index (χ0n) is 10.3. The van der Waals surface area contributed by atoms with Crippen molar-refractivity contribution in [1.29, 1.82) is 0 Å². The van der Waals surface area contributed by atoms with Crippen molar-refractivity contribution >= 4 is 27.5 Å². The highest BCUT2D eigenvalue weighted by Gasteiger charge is 2.08. The van der Waals surface area contributed by atoms with Gasteiger partial charge in [-0.25, -0.2) is 4.52 Å². The van der Waals surface area contributed by atoms with Crippen LogP contribution < -0.4 is 5.32 Å². The fourth-order valence-corrected chi connectivity index (χ4v) is 2.13. The van der Waals surface area contributed by atoms with E-state index in [-0.39, 0.29) is 6.61 Å². The Bertz CT molecular complexity index is 514. The lowest BCUT2D eigenvalue weighted by Gasteiger charge is -2.12. The Balaban J connectivity index is 2.03. The highest BCUT2D eigenvalue weighted by atomic mass is 79.9. The van der Waals surface area contributed by atoms with Gasteiger partial charge in [0.2, 0.25) is 5.95 Å². The molecular formula is C12H17BrN4O. The minimum atomic E-state index is 0.228. The van der Waals surface area contributed by atoms with Crippen LogP contribution in [0.3, 0.4) is 0 Å². The van der Waals surface area contributed by atoms with E-state index in [2.05, 4.69) is 38.3 Å². The zero-order chi connectivity index (χ0) is 13.0. The van der Waals surface area contributed by atoms with Crippen molar-refractivity contribution in [1.82, 2.24) is 14.6 Å². The normalized spacial score (nSPS) is 12.8. The SMILES string of the molecule is CCC(CCO)CNc1nc2ccc(Br)cn2n1. The van der Waals surface area contributed by atoms with Crippen LogP contribution in [0.25, 0.3) is 5.65 Å². The van der Waals surface area contributed by atoms with Crippen LogP contribution in [0.5, 0.6) is 0 Å². The molecule has 18 heavy (non-hydrogen) atoms. The van der Waals surface area contributed by atoms with Gasteiger partial charge in [0.1, 0.15) is 0 Å². The first kappa shape index (κ1) is 13.3. The third-order valence-corrected chi connectivity index (χ3v) is 3.43. The number of hydrogen-bond acceptors (Lipinski definition) is 4. The minimum Gasteiger partial charge on any atom is -0.396 e. The fraction of sp³-hybridized carbons (Fsp3) is 0.500. The molecule has 1 unspecified atom stereocenters. The van der Waals surface area contributed by atoms with Crippen LogP contribution in [-0.4, -0.2) is 32.9 Å². The molecule has 2 heterocycles. The van der Waals surface area contributed by atoms with E-state index in [0.29, 0.717) is 11.9 Å². The van der Waals surface area contributed by atoms with Crippen molar-refractivity contribution in [3.63, 3.8) is 0 Å². The van der Waals surface area contributed by atoms with Crippen LogP contribution in [0.1, 0.15) is 19.8 Å². The Morgan fingerprint density at radius 3 is 3.06 bits per heavy atom. The first-order chi connectivity index (χ1) is 8.72. The van der Waals surface area contributed by atoms with Gasteiger partial charge in [-0.2, -0.15) is 4.98 Å². The molecule has 2 N–H and O–H groups in total. The Kier molecular flexibility index (Phi) is 4.54. The topological polar surface area (TPSA) is 62.5 Å². The molecule has 6 heteroatoms. The maximum absolute atomic E-state index is 8.94. The van der Waals surface area contributed by atoms with Gasteiger partial charge < -0.3 is 10.4 Å². The van der Waals surface area contributed by atoms with Crippen molar-refractivity contribution in [2.45, 2.75) is 19.8 Å². The average Bonchev–Trinajstić information content (AvgIpc) is 2.76. The molecule has 0 fully saturated rings. The summed E-state index contributed by atoms with van der Waals surface area (Å²) in [5.41, 5.74) is 0.816. The summed E-state index contributed by atoms with van der Waals surface area (Å²) in [4.78, 5) is 4.38. The maximum atomic E-state index is 8.94. The molecular weight excluding hydrogens is 296 g/mol. The van der Waals surface area contributed by atoms with E-state index < -0.39 is 0 Å². The second kappa shape index (κ2) is 6.15. The van der Waals surface area contributed by atoms with E-state index in [1.807, 2.05) is 18.3 Å². The summed E-state index contributed by atoms with van der Waals surface area (Å²) in [6.07, 6.45) is 3.72. The molecule has 0 saturated carbocycles. The van der Waals surface area contributed by atoms with Crippen molar-refractivity contribution in [2.75, 3.05) is 18.5 Å². The highest BCUT2D eigenvalue weighted by Crippen LogP contribution is 2.13. The first-order valence-electron chi connectivity index (χ1n) is 6.09. The molecule has 98 valence electrons. The van der Waals surface area contributed by atoms with Crippen LogP contribution in [0, 0.1) is 5.92 Å². The second-order valence-electron chi connectivity index (χ2n) is 4.25. The predicted molar refractivity (Wildman–Crippen MR) is 74.7 cm³/mol. The van der Waals surface area contributed by atoms with Gasteiger partial charge in [0, 0.05) is 23.8 Å². The van der Waals surface area contributed by atoms with E-state index in [1.54, 1.807) is 4.52 Å². The molecule has 0 aliphatic carbocycles. The minimum absolute atomic E-state index is 0.228. The molecule has 5 nitrogen and oxygen atoms in total. The molecule has 0 aliphatic heterocycles. The standard InChI is InChI=1S/C12H17BrN4O/c1-2-9(5-6-18)7-14-12-15-11-4-3-10(13)8-17(11)16-12/h3-4,8-9,18H,2,5-7H2,1H3,(H,14,16). The Morgan fingerprint density at radius 1 is 1.50 bits per heavy atom. The molecule has 0 saturated heterocycles. The van der Waals surface area contributed by atoms with Crippen LogP contribution in [0.2, 0.25) is 0 Å². The zero-order valence-corrected chi connectivity index (χ0v) is 11.9. The lowest BCUT2D eigenvalue weighted by Crippen LogP contribution is -2.15. The molecule has 0 bridgehead atoms. The number of nitrogens with one attached hydrogen (secondary N) is 1. The molecule has 2 rings (SSSR count). The number of aromatic nitrogens is 3.